The van der Waals surface area contributed by atoms with Gasteiger partial charge in [0.05, 0.1) is 17.1 Å². The minimum absolute atomic E-state index is 0.0193. The summed E-state index contributed by atoms with van der Waals surface area (Å²) < 4.78 is 46.6. The number of halogens is 1. The molecule has 1 aliphatic rings. The van der Waals surface area contributed by atoms with Crippen LogP contribution in [0.3, 0.4) is 0 Å². The van der Waals surface area contributed by atoms with E-state index < -0.39 is 27.7 Å². The summed E-state index contributed by atoms with van der Waals surface area (Å²) in [4.78, 5) is 11.7. The van der Waals surface area contributed by atoms with E-state index in [2.05, 4.69) is 10.2 Å². The predicted octanol–water partition coefficient (Wildman–Crippen LogP) is 1.70. The molecule has 0 amide bonds. The summed E-state index contributed by atoms with van der Waals surface area (Å²) in [5, 5.41) is 7.58. The van der Waals surface area contributed by atoms with Gasteiger partial charge < -0.3 is 9.15 Å². The summed E-state index contributed by atoms with van der Waals surface area (Å²) >= 11 is 0.946. The van der Waals surface area contributed by atoms with E-state index in [1.54, 1.807) is 12.1 Å². The number of carbonyl (C=O) groups is 1. The molecule has 2 aromatic rings. The monoisotopic (exact) mass is 372 g/mol. The number of hydrogen-bond donors (Lipinski definition) is 0. The van der Waals surface area contributed by atoms with Crippen molar-refractivity contribution in [3.05, 3.63) is 30.1 Å². The van der Waals surface area contributed by atoms with Gasteiger partial charge in [-0.15, -0.1) is 10.2 Å². The lowest BCUT2D eigenvalue weighted by molar-refractivity contribution is -0.144. The highest BCUT2D eigenvalue weighted by Gasteiger charge is 2.30. The van der Waals surface area contributed by atoms with Crippen LogP contribution >= 0.6 is 11.8 Å². The third-order valence-electron chi connectivity index (χ3n) is 3.31. The molecule has 7 nitrogen and oxygen atoms in total. The summed E-state index contributed by atoms with van der Waals surface area (Å²) in [7, 11) is -3.10. The van der Waals surface area contributed by atoms with Crippen LogP contribution in [0.2, 0.25) is 0 Å². The van der Waals surface area contributed by atoms with Crippen LogP contribution < -0.4 is 0 Å². The SMILES string of the molecule is O=C(CSc1nnc(-c2ccccc2F)o1)O[C@@H]1CCS(=O)(=O)C1. The lowest BCUT2D eigenvalue weighted by atomic mass is 10.2. The summed E-state index contributed by atoms with van der Waals surface area (Å²) in [5.74, 6) is -1.23. The summed E-state index contributed by atoms with van der Waals surface area (Å²) in [5.41, 5.74) is 0.176. The number of carbonyl (C=O) groups excluding carboxylic acids is 1. The molecule has 1 saturated heterocycles. The number of nitrogens with zero attached hydrogens (tertiary/aromatic N) is 2. The minimum atomic E-state index is -3.10. The third kappa shape index (κ3) is 4.12. The van der Waals surface area contributed by atoms with Crippen molar-refractivity contribution in [2.75, 3.05) is 17.3 Å². The topological polar surface area (TPSA) is 99.4 Å². The highest BCUT2D eigenvalue weighted by atomic mass is 32.2. The van der Waals surface area contributed by atoms with Crippen molar-refractivity contribution in [1.82, 2.24) is 10.2 Å². The van der Waals surface area contributed by atoms with Crippen LogP contribution in [0.5, 0.6) is 0 Å². The second-order valence-corrected chi connectivity index (χ2v) is 8.31. The van der Waals surface area contributed by atoms with Crippen LogP contribution in [0.15, 0.2) is 33.9 Å². The van der Waals surface area contributed by atoms with E-state index in [0.29, 0.717) is 6.42 Å². The van der Waals surface area contributed by atoms with Crippen molar-refractivity contribution in [2.24, 2.45) is 0 Å². The van der Waals surface area contributed by atoms with Gasteiger partial charge in [0.2, 0.25) is 0 Å². The van der Waals surface area contributed by atoms with Crippen molar-refractivity contribution in [1.29, 1.82) is 0 Å². The lowest BCUT2D eigenvalue weighted by Crippen LogP contribution is -2.20. The van der Waals surface area contributed by atoms with Crippen LogP contribution in [0.25, 0.3) is 11.5 Å². The Hall–Kier alpha value is -1.94. The molecule has 128 valence electrons. The Balaban J connectivity index is 1.54. The van der Waals surface area contributed by atoms with E-state index >= 15 is 0 Å². The molecule has 1 aliphatic heterocycles. The van der Waals surface area contributed by atoms with Crippen molar-refractivity contribution < 1.29 is 26.8 Å². The molecule has 0 saturated carbocycles. The van der Waals surface area contributed by atoms with Crippen molar-refractivity contribution in [2.45, 2.75) is 17.7 Å². The van der Waals surface area contributed by atoms with Gasteiger partial charge in [-0.25, -0.2) is 12.8 Å². The second kappa shape index (κ2) is 6.89. The number of ether oxygens (including phenoxy) is 1. The number of rotatable bonds is 5. The summed E-state index contributed by atoms with van der Waals surface area (Å²) in [6.07, 6.45) is -0.281. The normalized spacial score (nSPS) is 19.3. The Morgan fingerprint density at radius 3 is 2.88 bits per heavy atom. The molecule has 24 heavy (non-hydrogen) atoms. The first kappa shape index (κ1) is 16.9. The van der Waals surface area contributed by atoms with Crippen LogP contribution in [0, 0.1) is 5.82 Å². The van der Waals surface area contributed by atoms with E-state index in [9.17, 15) is 17.6 Å². The molecule has 0 aliphatic carbocycles. The molecule has 0 spiro atoms. The van der Waals surface area contributed by atoms with Crippen molar-refractivity contribution in [3.8, 4) is 11.5 Å². The smallest absolute Gasteiger partial charge is 0.316 e. The van der Waals surface area contributed by atoms with Gasteiger partial charge >= 0.3 is 5.97 Å². The van der Waals surface area contributed by atoms with Crippen LogP contribution in [-0.2, 0) is 19.4 Å². The van der Waals surface area contributed by atoms with Crippen LogP contribution in [0.4, 0.5) is 4.39 Å². The molecule has 0 unspecified atom stereocenters. The molecule has 1 atom stereocenters. The molecule has 0 radical (unpaired) electrons. The summed E-state index contributed by atoms with van der Waals surface area (Å²) in [6.45, 7) is 0. The first-order chi connectivity index (χ1) is 11.4. The lowest BCUT2D eigenvalue weighted by Gasteiger charge is -2.08. The van der Waals surface area contributed by atoms with Crippen molar-refractivity contribution >= 4 is 27.6 Å². The van der Waals surface area contributed by atoms with Gasteiger partial charge in [-0.2, -0.15) is 0 Å². The first-order valence-corrected chi connectivity index (χ1v) is 9.85. The minimum Gasteiger partial charge on any atom is -0.461 e. The van der Waals surface area contributed by atoms with Gasteiger partial charge in [-0.3, -0.25) is 4.79 Å². The van der Waals surface area contributed by atoms with Crippen LogP contribution in [0.1, 0.15) is 6.42 Å². The predicted molar refractivity (Wildman–Crippen MR) is 83.6 cm³/mol. The fourth-order valence-corrected chi connectivity index (χ4v) is 4.34. The molecular weight excluding hydrogens is 359 g/mol. The molecule has 1 aromatic carbocycles. The maximum atomic E-state index is 13.6. The zero-order chi connectivity index (χ0) is 17.2. The number of aromatic nitrogens is 2. The van der Waals surface area contributed by atoms with Gasteiger partial charge in [0.25, 0.3) is 11.1 Å². The molecule has 1 aromatic heterocycles. The average Bonchev–Trinajstić information content (AvgIpc) is 3.12. The highest BCUT2D eigenvalue weighted by Crippen LogP contribution is 2.25. The zero-order valence-electron chi connectivity index (χ0n) is 12.3. The Morgan fingerprint density at radius 2 is 2.17 bits per heavy atom. The molecular formula is C14H13FN2O5S2. The zero-order valence-corrected chi connectivity index (χ0v) is 14.0. The number of thioether (sulfide) groups is 1. The molecule has 0 N–H and O–H groups in total. The fraction of sp³-hybridized carbons (Fsp3) is 0.357. The Kier molecular flexibility index (Phi) is 4.86. The highest BCUT2D eigenvalue weighted by molar-refractivity contribution is 7.99. The molecule has 10 heteroatoms. The number of sulfone groups is 1. The fourth-order valence-electron chi connectivity index (χ4n) is 2.21. The van der Waals surface area contributed by atoms with Gasteiger partial charge in [0, 0.05) is 0 Å². The molecule has 1 fully saturated rings. The molecule has 2 heterocycles. The van der Waals surface area contributed by atoms with E-state index in [0.717, 1.165) is 11.8 Å². The standard InChI is InChI=1S/C14H13FN2O5S2/c15-11-4-2-1-3-10(11)13-16-17-14(22-13)23-7-12(18)21-9-5-6-24(19,20)8-9/h1-4,9H,5-8H2/t9-/m1/s1. The van der Waals surface area contributed by atoms with E-state index in [-0.39, 0.29) is 33.9 Å². The third-order valence-corrected chi connectivity index (χ3v) is 5.84. The quantitative estimate of drug-likeness (QED) is 0.578. The van der Waals surface area contributed by atoms with Gasteiger partial charge in [-0.05, 0) is 18.6 Å². The van der Waals surface area contributed by atoms with Gasteiger partial charge in [-0.1, -0.05) is 23.9 Å². The largest absolute Gasteiger partial charge is 0.461 e. The first-order valence-electron chi connectivity index (χ1n) is 7.04. The number of esters is 1. The maximum absolute atomic E-state index is 13.6. The molecule has 3 rings (SSSR count). The van der Waals surface area contributed by atoms with E-state index in [4.69, 9.17) is 9.15 Å². The Bertz CT molecular complexity index is 852. The molecule has 0 bridgehead atoms. The Labute approximate surface area is 141 Å². The number of hydrogen-bond acceptors (Lipinski definition) is 8. The van der Waals surface area contributed by atoms with Crippen molar-refractivity contribution in [3.63, 3.8) is 0 Å². The van der Waals surface area contributed by atoms with Gasteiger partial charge in [0.1, 0.15) is 17.7 Å². The number of benzene rings is 1. The second-order valence-electron chi connectivity index (χ2n) is 5.16. The van der Waals surface area contributed by atoms with E-state index in [1.165, 1.54) is 12.1 Å². The average molecular weight is 372 g/mol. The van der Waals surface area contributed by atoms with Gasteiger partial charge in [0.15, 0.2) is 9.84 Å². The van der Waals surface area contributed by atoms with E-state index in [1.807, 2.05) is 0 Å². The Morgan fingerprint density at radius 1 is 1.38 bits per heavy atom. The maximum Gasteiger partial charge on any atom is 0.316 e. The summed E-state index contributed by atoms with van der Waals surface area (Å²) in [6, 6.07) is 5.97. The van der Waals surface area contributed by atoms with Crippen LogP contribution in [-0.4, -0.2) is 47.9 Å².